The molecule has 0 spiro atoms. The van der Waals surface area contributed by atoms with E-state index >= 15 is 0 Å². The fourth-order valence-electron chi connectivity index (χ4n) is 4.65. The third-order valence-electron chi connectivity index (χ3n) is 8.60. The molecule has 0 bridgehead atoms. The number of imidazole rings is 4. The zero-order valence-electron chi connectivity index (χ0n) is 32.2. The van der Waals surface area contributed by atoms with Gasteiger partial charge >= 0.3 is 0 Å². The smallest absolute Gasteiger partial charge is 0.253 e. The highest BCUT2D eigenvalue weighted by Gasteiger charge is 2.09. The average molecular weight is 689 g/mol. The molecule has 0 aliphatic heterocycles. The summed E-state index contributed by atoms with van der Waals surface area (Å²) in [5.41, 5.74) is 0. The van der Waals surface area contributed by atoms with Gasteiger partial charge in [0.1, 0.15) is 49.6 Å². The van der Waals surface area contributed by atoms with Crippen LogP contribution in [0.2, 0.25) is 0 Å². The standard InChI is InChI=1S/4C9H17N2.4FH/c4*1-4-5-6-11-8-7-10(3)9(11)2;;;;/h4*7-8H,4-6H2,1-3H3;4*1H/q4*+1;;;;/p-4. The lowest BCUT2D eigenvalue weighted by Crippen LogP contribution is -3.00. The van der Waals surface area contributed by atoms with Crippen LogP contribution in [-0.4, -0.2) is 18.3 Å². The second-order valence-corrected chi connectivity index (χ2v) is 12.0. The molecular formula is C36H68F4N8. The minimum atomic E-state index is 0. The molecule has 4 aromatic rings. The summed E-state index contributed by atoms with van der Waals surface area (Å²) in [7, 11) is 8.32. The van der Waals surface area contributed by atoms with E-state index in [9.17, 15) is 0 Å². The summed E-state index contributed by atoms with van der Waals surface area (Å²) >= 11 is 0. The van der Waals surface area contributed by atoms with Crippen molar-refractivity contribution in [2.24, 2.45) is 28.2 Å². The fourth-order valence-corrected chi connectivity index (χ4v) is 4.65. The number of aromatic nitrogens is 8. The number of halogens is 4. The third-order valence-corrected chi connectivity index (χ3v) is 8.60. The van der Waals surface area contributed by atoms with Crippen molar-refractivity contribution in [1.82, 2.24) is 18.3 Å². The molecule has 4 heterocycles. The van der Waals surface area contributed by atoms with Crippen molar-refractivity contribution in [3.05, 3.63) is 72.9 Å². The van der Waals surface area contributed by atoms with Crippen LogP contribution in [0.15, 0.2) is 49.6 Å². The van der Waals surface area contributed by atoms with Crippen molar-refractivity contribution in [3.8, 4) is 0 Å². The first kappa shape index (κ1) is 51.4. The minimum Gasteiger partial charge on any atom is -1.00 e. The Morgan fingerprint density at radius 1 is 0.375 bits per heavy atom. The first-order valence-electron chi connectivity index (χ1n) is 17.1. The zero-order valence-corrected chi connectivity index (χ0v) is 32.2. The average Bonchev–Trinajstić information content (AvgIpc) is 3.73. The maximum Gasteiger partial charge on any atom is 0.253 e. The summed E-state index contributed by atoms with van der Waals surface area (Å²) in [5, 5.41) is 0. The number of hydrogen-bond acceptors (Lipinski definition) is 0. The molecule has 0 fully saturated rings. The van der Waals surface area contributed by atoms with Crippen molar-refractivity contribution in [1.29, 1.82) is 0 Å². The molecule has 280 valence electrons. The van der Waals surface area contributed by atoms with E-state index in [2.05, 4.69) is 170 Å². The maximum absolute atomic E-state index is 2.30. The predicted octanol–water partition coefficient (Wildman–Crippen LogP) is -6.30. The van der Waals surface area contributed by atoms with Crippen molar-refractivity contribution < 1.29 is 37.1 Å². The molecule has 0 unspecified atom stereocenters. The first-order valence-corrected chi connectivity index (χ1v) is 17.1. The Morgan fingerprint density at radius 2 is 0.542 bits per heavy atom. The van der Waals surface area contributed by atoms with Crippen LogP contribution < -0.4 is 37.1 Å². The van der Waals surface area contributed by atoms with Gasteiger partial charge in [-0.1, -0.05) is 53.4 Å². The van der Waals surface area contributed by atoms with E-state index in [-0.39, 0.29) is 18.8 Å². The van der Waals surface area contributed by atoms with Crippen LogP contribution in [0, 0.1) is 27.7 Å². The first-order chi connectivity index (χ1) is 21.0. The Bertz CT molecular complexity index is 1120. The second-order valence-electron chi connectivity index (χ2n) is 12.0. The van der Waals surface area contributed by atoms with Crippen molar-refractivity contribution in [2.45, 2.75) is 133 Å². The van der Waals surface area contributed by atoms with Gasteiger partial charge in [0, 0.05) is 27.7 Å². The minimum absolute atomic E-state index is 0. The number of hydrogen-bond donors (Lipinski definition) is 0. The fraction of sp³-hybridized carbons (Fsp3) is 0.667. The molecule has 4 aromatic heterocycles. The van der Waals surface area contributed by atoms with E-state index < -0.39 is 0 Å². The molecule has 0 aromatic carbocycles. The van der Waals surface area contributed by atoms with Gasteiger partial charge in [-0.05, 0) is 25.7 Å². The molecule has 0 saturated heterocycles. The molecular weight excluding hydrogens is 620 g/mol. The number of unbranched alkanes of at least 4 members (excludes halogenated alkanes) is 4. The van der Waals surface area contributed by atoms with E-state index in [1.165, 1.54) is 74.7 Å². The normalized spacial score (nSPS) is 9.58. The molecule has 48 heavy (non-hydrogen) atoms. The van der Waals surface area contributed by atoms with Gasteiger partial charge in [0.2, 0.25) is 0 Å². The molecule has 0 amide bonds. The Morgan fingerprint density at radius 3 is 0.646 bits per heavy atom. The van der Waals surface area contributed by atoms with Crippen molar-refractivity contribution >= 4 is 0 Å². The number of rotatable bonds is 12. The molecule has 0 atom stereocenters. The quantitative estimate of drug-likeness (QED) is 0.105. The van der Waals surface area contributed by atoms with Crippen LogP contribution in [-0.2, 0) is 54.4 Å². The zero-order chi connectivity index (χ0) is 33.1. The summed E-state index contributed by atoms with van der Waals surface area (Å²) in [6.07, 6.45) is 27.1. The van der Waals surface area contributed by atoms with Gasteiger partial charge in [-0.25, -0.2) is 36.5 Å². The Labute approximate surface area is 289 Å². The molecule has 0 aliphatic carbocycles. The van der Waals surface area contributed by atoms with Gasteiger partial charge in [-0.15, -0.1) is 0 Å². The van der Waals surface area contributed by atoms with E-state index in [1.807, 2.05) is 0 Å². The highest BCUT2D eigenvalue weighted by Crippen LogP contribution is 1.99. The SMILES string of the molecule is CCCCn1cc[n+](C)c1C.CCCCn1cc[n+](C)c1C.CCCCn1cc[n+](C)c1C.CCCCn1cc[n+](C)c1C.[F-].[F-].[F-].[F-]. The Balaban J connectivity index is -0.000000262. The van der Waals surface area contributed by atoms with Gasteiger partial charge in [-0.2, -0.15) is 0 Å². The van der Waals surface area contributed by atoms with Crippen molar-refractivity contribution in [3.63, 3.8) is 0 Å². The Kier molecular flexibility index (Phi) is 30.6. The van der Waals surface area contributed by atoms with Gasteiger partial charge in [-0.3, -0.25) is 0 Å². The van der Waals surface area contributed by atoms with Crippen LogP contribution in [0.3, 0.4) is 0 Å². The molecule has 12 heteroatoms. The van der Waals surface area contributed by atoms with E-state index in [1.54, 1.807) is 0 Å². The third kappa shape index (κ3) is 17.6. The lowest BCUT2D eigenvalue weighted by molar-refractivity contribution is -0.677. The van der Waals surface area contributed by atoms with Crippen LogP contribution >= 0.6 is 0 Å². The summed E-state index contributed by atoms with van der Waals surface area (Å²) in [6.45, 7) is 22.1. The number of nitrogens with zero attached hydrogens (tertiary/aromatic N) is 8. The van der Waals surface area contributed by atoms with Crippen LogP contribution in [0.25, 0.3) is 0 Å². The Hall–Kier alpha value is -3.44. The molecule has 0 radical (unpaired) electrons. The van der Waals surface area contributed by atoms with E-state index in [0.29, 0.717) is 0 Å². The monoisotopic (exact) mass is 689 g/mol. The summed E-state index contributed by atoms with van der Waals surface area (Å²) in [5.74, 6) is 5.33. The molecule has 4 rings (SSSR count). The van der Waals surface area contributed by atoms with Crippen LogP contribution in [0.5, 0.6) is 0 Å². The molecule has 0 N–H and O–H groups in total. The van der Waals surface area contributed by atoms with Gasteiger partial charge in [0.15, 0.2) is 0 Å². The van der Waals surface area contributed by atoms with Crippen molar-refractivity contribution in [2.75, 3.05) is 0 Å². The van der Waals surface area contributed by atoms with E-state index in [0.717, 1.165) is 26.2 Å². The largest absolute Gasteiger partial charge is 1.00 e. The second kappa shape index (κ2) is 28.6. The van der Waals surface area contributed by atoms with E-state index in [4.69, 9.17) is 0 Å². The lowest BCUT2D eigenvalue weighted by atomic mass is 10.3. The lowest BCUT2D eigenvalue weighted by Gasteiger charge is -1.95. The van der Waals surface area contributed by atoms with Gasteiger partial charge in [0.25, 0.3) is 23.3 Å². The highest BCUT2D eigenvalue weighted by molar-refractivity contribution is 4.81. The topological polar surface area (TPSA) is 35.2 Å². The number of aryl methyl sites for hydroxylation is 8. The maximum atomic E-state index is 2.30. The summed E-state index contributed by atoms with van der Waals surface area (Å²) < 4.78 is 17.8. The summed E-state index contributed by atoms with van der Waals surface area (Å²) in [6, 6.07) is 0. The van der Waals surface area contributed by atoms with Crippen LogP contribution in [0.4, 0.5) is 0 Å². The predicted molar refractivity (Wildman–Crippen MR) is 181 cm³/mol. The van der Waals surface area contributed by atoms with Crippen LogP contribution in [0.1, 0.15) is 102 Å². The molecule has 0 saturated carbocycles. The van der Waals surface area contributed by atoms with Gasteiger partial charge in [0.05, 0.1) is 54.4 Å². The van der Waals surface area contributed by atoms with Gasteiger partial charge < -0.3 is 18.8 Å². The summed E-state index contributed by atoms with van der Waals surface area (Å²) in [4.78, 5) is 0. The molecule has 0 aliphatic rings. The molecule has 8 nitrogen and oxygen atoms in total. The highest BCUT2D eigenvalue weighted by atomic mass is 19.0.